The minimum absolute atomic E-state index is 1.01. The van der Waals surface area contributed by atoms with Crippen molar-refractivity contribution in [3.63, 3.8) is 0 Å². The Kier molecular flexibility index (Phi) is 6.32. The standard InChI is InChI=1S/C42H32N8/c1-9-25(43-17-1)33-34(26-10-2-18-44-26)38(30-14-6-22-48-30)42-40(32-16-8-24-50-32)36(28-12-4-20-46-28)35(27-11-3-19-45-27)39(31-15-7-23-49-31)41(42)37(33)29-13-5-21-47-29/h1-24,43-50H. The monoisotopic (exact) mass is 648 g/mol. The fraction of sp³-hybridized carbons (Fsp3) is 0. The van der Waals surface area contributed by atoms with Gasteiger partial charge in [-0.1, -0.05) is 0 Å². The highest BCUT2D eigenvalue weighted by molar-refractivity contribution is 6.29. The van der Waals surface area contributed by atoms with Crippen molar-refractivity contribution < 1.29 is 0 Å². The highest BCUT2D eigenvalue weighted by Gasteiger charge is 2.34. The Labute approximate surface area is 286 Å². The molecule has 0 saturated heterocycles. The van der Waals surface area contributed by atoms with Crippen LogP contribution >= 0.6 is 0 Å². The molecule has 0 saturated carbocycles. The molecule has 8 heteroatoms. The molecule has 8 heterocycles. The van der Waals surface area contributed by atoms with Crippen molar-refractivity contribution in [1.29, 1.82) is 0 Å². The molecule has 10 aromatic rings. The van der Waals surface area contributed by atoms with Crippen LogP contribution in [0.5, 0.6) is 0 Å². The Morgan fingerprint density at radius 2 is 0.360 bits per heavy atom. The molecule has 0 amide bonds. The van der Waals surface area contributed by atoms with Crippen molar-refractivity contribution in [2.24, 2.45) is 0 Å². The zero-order chi connectivity index (χ0) is 33.0. The molecule has 0 radical (unpaired) electrons. The summed E-state index contributed by atoms with van der Waals surface area (Å²) >= 11 is 0. The first-order chi connectivity index (χ1) is 24.9. The minimum Gasteiger partial charge on any atom is -0.361 e. The SMILES string of the molecule is c1c[nH]c(-c2c(-c3ccc[nH]3)c(-c3ccc[nH]3)c3c(-c4ccc[nH]4)c(-c4ccc[nH]4)c(-c4ccc[nH]4)c(-c4ccc[nH]4)c3c2-c2ccc[nH]2)c1. The Hall–Kier alpha value is -7.06. The number of aromatic amines is 8. The molecule has 0 aliphatic heterocycles. The number of H-pyrrole nitrogens is 8. The van der Waals surface area contributed by atoms with Crippen LogP contribution in [0.1, 0.15) is 0 Å². The lowest BCUT2D eigenvalue weighted by Gasteiger charge is -2.28. The molecule has 2 aromatic carbocycles. The zero-order valence-corrected chi connectivity index (χ0v) is 26.9. The molecule has 8 aromatic heterocycles. The Balaban J connectivity index is 1.61. The third-order valence-corrected chi connectivity index (χ3v) is 9.69. The van der Waals surface area contributed by atoms with Crippen molar-refractivity contribution in [2.45, 2.75) is 0 Å². The quantitative estimate of drug-likeness (QED) is 0.0798. The molecule has 0 aliphatic rings. The predicted octanol–water partition coefficient (Wildman–Crippen LogP) is 10.8. The fourth-order valence-electron chi connectivity index (χ4n) is 7.79. The molecule has 10 rings (SSSR count). The van der Waals surface area contributed by atoms with Gasteiger partial charge in [-0.3, -0.25) is 0 Å². The second-order valence-corrected chi connectivity index (χ2v) is 12.4. The second-order valence-electron chi connectivity index (χ2n) is 12.4. The van der Waals surface area contributed by atoms with Gasteiger partial charge in [0.2, 0.25) is 0 Å². The minimum atomic E-state index is 1.01. The van der Waals surface area contributed by atoms with Crippen LogP contribution in [-0.2, 0) is 0 Å². The summed E-state index contributed by atoms with van der Waals surface area (Å²) < 4.78 is 0. The van der Waals surface area contributed by atoms with Crippen molar-refractivity contribution in [2.75, 3.05) is 0 Å². The molecule has 8 nitrogen and oxygen atoms in total. The van der Waals surface area contributed by atoms with Crippen LogP contribution in [-0.4, -0.2) is 39.9 Å². The van der Waals surface area contributed by atoms with Crippen LogP contribution in [0.3, 0.4) is 0 Å². The van der Waals surface area contributed by atoms with Gasteiger partial charge in [0.1, 0.15) is 0 Å². The van der Waals surface area contributed by atoms with Gasteiger partial charge < -0.3 is 39.9 Å². The average Bonchev–Trinajstić information content (AvgIpc) is 4.00. The first kappa shape index (κ1) is 28.0. The van der Waals surface area contributed by atoms with E-state index in [1.807, 2.05) is 49.6 Å². The molecule has 0 spiro atoms. The maximum atomic E-state index is 3.63. The first-order valence-corrected chi connectivity index (χ1v) is 16.7. The zero-order valence-electron chi connectivity index (χ0n) is 26.9. The van der Waals surface area contributed by atoms with Gasteiger partial charge >= 0.3 is 0 Å². The van der Waals surface area contributed by atoms with E-state index < -0.39 is 0 Å². The number of nitrogens with one attached hydrogen (secondary N) is 8. The van der Waals surface area contributed by atoms with Gasteiger partial charge in [0.25, 0.3) is 0 Å². The summed E-state index contributed by atoms with van der Waals surface area (Å²) in [7, 11) is 0. The second kappa shape index (κ2) is 11.3. The molecule has 0 unspecified atom stereocenters. The molecule has 50 heavy (non-hydrogen) atoms. The van der Waals surface area contributed by atoms with E-state index in [9.17, 15) is 0 Å². The van der Waals surface area contributed by atoms with E-state index in [-0.39, 0.29) is 0 Å². The molecule has 240 valence electrons. The largest absolute Gasteiger partial charge is 0.361 e. The van der Waals surface area contributed by atoms with Crippen LogP contribution in [0.2, 0.25) is 0 Å². The number of hydrogen-bond acceptors (Lipinski definition) is 0. The fourth-order valence-corrected chi connectivity index (χ4v) is 7.79. The number of rotatable bonds is 8. The summed E-state index contributed by atoms with van der Waals surface area (Å²) in [5.74, 6) is 0. The van der Waals surface area contributed by atoms with E-state index in [1.165, 1.54) is 0 Å². The van der Waals surface area contributed by atoms with Gasteiger partial charge in [0.05, 0.1) is 0 Å². The van der Waals surface area contributed by atoms with Gasteiger partial charge in [-0.05, 0) is 97.1 Å². The highest BCUT2D eigenvalue weighted by Crippen LogP contribution is 2.58. The molecule has 0 aliphatic carbocycles. The molecular formula is C42H32N8. The highest BCUT2D eigenvalue weighted by atomic mass is 14.8. The van der Waals surface area contributed by atoms with Crippen LogP contribution in [0.4, 0.5) is 0 Å². The molecular weight excluding hydrogens is 617 g/mol. The smallest absolute Gasteiger partial charge is 0.0468 e. The Morgan fingerprint density at radius 3 is 0.500 bits per heavy atom. The Bertz CT molecular complexity index is 2260. The number of benzene rings is 2. The van der Waals surface area contributed by atoms with Crippen molar-refractivity contribution in [3.05, 3.63) is 147 Å². The predicted molar refractivity (Wildman–Crippen MR) is 202 cm³/mol. The maximum Gasteiger partial charge on any atom is 0.0468 e. The maximum absolute atomic E-state index is 3.63. The van der Waals surface area contributed by atoms with E-state index in [0.29, 0.717) is 0 Å². The van der Waals surface area contributed by atoms with Gasteiger partial charge in [-0.15, -0.1) is 0 Å². The van der Waals surface area contributed by atoms with E-state index >= 15 is 0 Å². The summed E-state index contributed by atoms with van der Waals surface area (Å²) in [5.41, 5.74) is 16.9. The molecule has 8 N–H and O–H groups in total. The lowest BCUT2D eigenvalue weighted by atomic mass is 9.76. The van der Waals surface area contributed by atoms with Gasteiger partial charge in [-0.2, -0.15) is 0 Å². The van der Waals surface area contributed by atoms with Crippen LogP contribution < -0.4 is 0 Å². The number of aromatic nitrogens is 8. The van der Waals surface area contributed by atoms with E-state index in [1.54, 1.807) is 0 Å². The van der Waals surface area contributed by atoms with Crippen molar-refractivity contribution >= 4 is 10.8 Å². The van der Waals surface area contributed by atoms with Crippen LogP contribution in [0, 0.1) is 0 Å². The van der Waals surface area contributed by atoms with E-state index in [0.717, 1.165) is 101 Å². The lowest BCUT2D eigenvalue weighted by molar-refractivity contribution is 1.34. The third kappa shape index (κ3) is 4.18. The molecule has 0 atom stereocenters. The van der Waals surface area contributed by atoms with Crippen molar-refractivity contribution in [1.82, 2.24) is 39.9 Å². The summed E-state index contributed by atoms with van der Waals surface area (Å²) in [6.45, 7) is 0. The summed E-state index contributed by atoms with van der Waals surface area (Å²) in [6.07, 6.45) is 16.0. The summed E-state index contributed by atoms with van der Waals surface area (Å²) in [4.78, 5) is 29.0. The average molecular weight is 649 g/mol. The molecule has 0 bridgehead atoms. The van der Waals surface area contributed by atoms with Crippen LogP contribution in [0.25, 0.3) is 101 Å². The topological polar surface area (TPSA) is 126 Å². The first-order valence-electron chi connectivity index (χ1n) is 16.7. The molecule has 0 fully saturated rings. The lowest BCUT2D eigenvalue weighted by Crippen LogP contribution is -2.04. The van der Waals surface area contributed by atoms with Gasteiger partial charge in [0, 0.05) is 150 Å². The Morgan fingerprint density at radius 1 is 0.200 bits per heavy atom. The van der Waals surface area contributed by atoms with Crippen molar-refractivity contribution in [3.8, 4) is 90.1 Å². The van der Waals surface area contributed by atoms with Gasteiger partial charge in [-0.25, -0.2) is 0 Å². The van der Waals surface area contributed by atoms with E-state index in [4.69, 9.17) is 0 Å². The van der Waals surface area contributed by atoms with Gasteiger partial charge in [0.15, 0.2) is 0 Å². The van der Waals surface area contributed by atoms with E-state index in [2.05, 4.69) is 137 Å². The number of hydrogen-bond donors (Lipinski definition) is 8. The van der Waals surface area contributed by atoms with Crippen LogP contribution in [0.15, 0.2) is 147 Å². The summed E-state index contributed by atoms with van der Waals surface area (Å²) in [6, 6.07) is 33.9. The number of fused-ring (bicyclic) bond motifs is 1. The normalized spacial score (nSPS) is 11.6. The summed E-state index contributed by atoms with van der Waals surface area (Å²) in [5, 5.41) is 2.23. The third-order valence-electron chi connectivity index (χ3n) is 9.69.